The Morgan fingerprint density at radius 2 is 1.02 bits per heavy atom. The van der Waals surface area contributed by atoms with Crippen LogP contribution in [0.4, 0.5) is 17.1 Å². The summed E-state index contributed by atoms with van der Waals surface area (Å²) in [5.41, 5.74) is 7.53. The third kappa shape index (κ3) is 4.19. The maximum atomic E-state index is 6.66. The van der Waals surface area contributed by atoms with E-state index in [1.54, 1.807) is 0 Å². The number of nitrogens with zero attached hydrogens (tertiary/aromatic N) is 1. The third-order valence-electron chi connectivity index (χ3n) is 10.1. The highest BCUT2D eigenvalue weighted by molar-refractivity contribution is 7.26. The van der Waals surface area contributed by atoms with Crippen molar-refractivity contribution >= 4 is 113 Å². The van der Waals surface area contributed by atoms with E-state index in [2.05, 4.69) is 169 Å². The van der Waals surface area contributed by atoms with Gasteiger partial charge in [-0.15, -0.1) is 22.7 Å². The highest BCUT2D eigenvalue weighted by atomic mass is 32.1. The fourth-order valence-electron chi connectivity index (χ4n) is 7.71. The van der Waals surface area contributed by atoms with Gasteiger partial charge in [-0.3, -0.25) is 0 Å². The molecule has 0 aliphatic rings. The number of hydrogen-bond acceptors (Lipinski definition) is 4. The maximum absolute atomic E-state index is 6.66. The van der Waals surface area contributed by atoms with Crippen LogP contribution in [0.3, 0.4) is 0 Å². The normalized spacial score (nSPS) is 12.0. The Kier molecular flexibility index (Phi) is 6.03. The fourth-order valence-corrected chi connectivity index (χ4v) is 9.88. The smallest absolute Gasteiger partial charge is 0.143 e. The molecule has 3 aromatic heterocycles. The van der Waals surface area contributed by atoms with Crippen molar-refractivity contribution in [3.63, 3.8) is 0 Å². The Morgan fingerprint density at radius 3 is 1.80 bits per heavy atom. The molecule has 0 fully saturated rings. The summed E-state index contributed by atoms with van der Waals surface area (Å²) in [4.78, 5) is 2.40. The largest absolute Gasteiger partial charge is 0.455 e. The van der Waals surface area contributed by atoms with Crippen molar-refractivity contribution in [3.8, 4) is 11.1 Å². The molecule has 0 spiro atoms. The summed E-state index contributed by atoms with van der Waals surface area (Å²) < 4.78 is 11.9. The number of anilines is 3. The highest BCUT2D eigenvalue weighted by Crippen LogP contribution is 2.46. The number of hydrogen-bond donors (Lipinski definition) is 0. The van der Waals surface area contributed by atoms with Crippen LogP contribution in [0.15, 0.2) is 168 Å². The topological polar surface area (TPSA) is 16.4 Å². The fraction of sp³-hybridized carbons (Fsp3) is 0. The van der Waals surface area contributed by atoms with Gasteiger partial charge in [0.15, 0.2) is 0 Å². The van der Waals surface area contributed by atoms with E-state index in [1.807, 2.05) is 22.7 Å². The number of thiophene rings is 2. The predicted molar refractivity (Wildman–Crippen MR) is 217 cm³/mol. The van der Waals surface area contributed by atoms with Crippen LogP contribution >= 0.6 is 22.7 Å². The van der Waals surface area contributed by atoms with Crippen molar-refractivity contribution in [3.05, 3.63) is 164 Å². The minimum absolute atomic E-state index is 0.883. The van der Waals surface area contributed by atoms with Gasteiger partial charge in [0.25, 0.3) is 0 Å². The van der Waals surface area contributed by atoms with Crippen LogP contribution in [0.2, 0.25) is 0 Å². The lowest BCUT2D eigenvalue weighted by atomic mass is 10.0. The first kappa shape index (κ1) is 28.0. The molecule has 11 rings (SSSR count). The van der Waals surface area contributed by atoms with Crippen LogP contribution in [0.25, 0.3) is 84.2 Å². The van der Waals surface area contributed by atoms with Crippen molar-refractivity contribution in [2.24, 2.45) is 0 Å². The maximum Gasteiger partial charge on any atom is 0.143 e. The third-order valence-corrected chi connectivity index (χ3v) is 12.4. The SMILES string of the molecule is c1ccc2c(c1)ccc1c2oc2cccc(N(c3ccc(-c4ccc5sc6ccccc6c5c4)cc3)c3ccc4sc5ccccc5c4c3)c21. The lowest BCUT2D eigenvalue weighted by Gasteiger charge is -2.26. The summed E-state index contributed by atoms with van der Waals surface area (Å²) in [5, 5.41) is 9.74. The minimum Gasteiger partial charge on any atom is -0.455 e. The summed E-state index contributed by atoms with van der Waals surface area (Å²) in [6.45, 7) is 0. The molecule has 50 heavy (non-hydrogen) atoms. The standard InChI is InChI=1S/C46H27NOS2/c1-2-9-33-29(8-1)18-23-36-45-39(12-7-13-40(45)48-46(33)36)47(32-22-25-44-38(27-32)35-11-4-6-15-42(35)50-44)31-20-16-28(17-21-31)30-19-24-43-37(26-30)34-10-3-5-14-41(34)49-43/h1-27H. The lowest BCUT2D eigenvalue weighted by Crippen LogP contribution is -2.10. The molecule has 0 amide bonds. The number of benzene rings is 8. The first-order valence-corrected chi connectivity index (χ1v) is 18.5. The Morgan fingerprint density at radius 1 is 0.400 bits per heavy atom. The Hall–Kier alpha value is -5.94. The highest BCUT2D eigenvalue weighted by Gasteiger charge is 2.21. The van der Waals surface area contributed by atoms with E-state index in [1.165, 1.54) is 56.9 Å². The predicted octanol–water partition coefficient (Wildman–Crippen LogP) is 14.6. The average molecular weight is 674 g/mol. The van der Waals surface area contributed by atoms with Gasteiger partial charge in [-0.2, -0.15) is 0 Å². The molecule has 0 radical (unpaired) electrons. The Bertz CT molecular complexity index is 3110. The summed E-state index contributed by atoms with van der Waals surface area (Å²) >= 11 is 3.71. The van der Waals surface area contributed by atoms with Crippen LogP contribution in [-0.2, 0) is 0 Å². The summed E-state index contributed by atoms with van der Waals surface area (Å²) in [5.74, 6) is 0. The van der Waals surface area contributed by atoms with Crippen molar-refractivity contribution in [2.45, 2.75) is 0 Å². The van der Waals surface area contributed by atoms with Gasteiger partial charge in [-0.1, -0.05) is 91.0 Å². The van der Waals surface area contributed by atoms with E-state index in [-0.39, 0.29) is 0 Å². The van der Waals surface area contributed by atoms with E-state index < -0.39 is 0 Å². The molecular formula is C46H27NOS2. The van der Waals surface area contributed by atoms with Gasteiger partial charge in [0, 0.05) is 62.5 Å². The van der Waals surface area contributed by atoms with Gasteiger partial charge in [0.05, 0.1) is 11.1 Å². The van der Waals surface area contributed by atoms with Crippen LogP contribution < -0.4 is 4.90 Å². The zero-order valence-corrected chi connectivity index (χ0v) is 28.4. The Labute approximate surface area is 295 Å². The summed E-state index contributed by atoms with van der Waals surface area (Å²) in [7, 11) is 0. The zero-order valence-electron chi connectivity index (χ0n) is 26.8. The molecule has 3 heterocycles. The first-order valence-electron chi connectivity index (χ1n) is 16.8. The molecule has 0 bridgehead atoms. The van der Waals surface area contributed by atoms with E-state index in [0.717, 1.165) is 44.4 Å². The molecule has 0 saturated heterocycles. The lowest BCUT2D eigenvalue weighted by molar-refractivity contribution is 0.672. The van der Waals surface area contributed by atoms with Crippen molar-refractivity contribution < 1.29 is 4.42 Å². The van der Waals surface area contributed by atoms with Crippen LogP contribution in [0.1, 0.15) is 0 Å². The van der Waals surface area contributed by atoms with Crippen LogP contribution in [0, 0.1) is 0 Å². The quantitative estimate of drug-likeness (QED) is 0.185. The van der Waals surface area contributed by atoms with Gasteiger partial charge in [-0.05, 0) is 89.3 Å². The molecule has 4 heteroatoms. The van der Waals surface area contributed by atoms with E-state index in [0.29, 0.717) is 0 Å². The molecule has 0 aliphatic heterocycles. The van der Waals surface area contributed by atoms with Gasteiger partial charge in [0.1, 0.15) is 11.2 Å². The van der Waals surface area contributed by atoms with Gasteiger partial charge in [0.2, 0.25) is 0 Å². The van der Waals surface area contributed by atoms with Crippen LogP contribution in [0.5, 0.6) is 0 Å². The second-order valence-corrected chi connectivity index (χ2v) is 15.1. The Balaban J connectivity index is 1.12. The van der Waals surface area contributed by atoms with E-state index in [9.17, 15) is 0 Å². The van der Waals surface area contributed by atoms with Gasteiger partial charge in [-0.25, -0.2) is 0 Å². The molecule has 0 saturated carbocycles. The molecule has 11 aromatic rings. The summed E-state index contributed by atoms with van der Waals surface area (Å²) in [6, 6.07) is 59.5. The monoisotopic (exact) mass is 673 g/mol. The second kappa shape index (κ2) is 10.8. The van der Waals surface area contributed by atoms with E-state index >= 15 is 0 Å². The summed E-state index contributed by atoms with van der Waals surface area (Å²) in [6.07, 6.45) is 0. The van der Waals surface area contributed by atoms with Crippen molar-refractivity contribution in [1.29, 1.82) is 0 Å². The van der Waals surface area contributed by atoms with Gasteiger partial charge < -0.3 is 9.32 Å². The zero-order chi connectivity index (χ0) is 32.8. The van der Waals surface area contributed by atoms with Crippen LogP contribution in [-0.4, -0.2) is 0 Å². The number of furan rings is 1. The van der Waals surface area contributed by atoms with Gasteiger partial charge >= 0.3 is 0 Å². The molecule has 2 nitrogen and oxygen atoms in total. The van der Waals surface area contributed by atoms with Crippen molar-refractivity contribution in [1.82, 2.24) is 0 Å². The van der Waals surface area contributed by atoms with E-state index in [4.69, 9.17) is 4.42 Å². The molecule has 0 aliphatic carbocycles. The minimum atomic E-state index is 0.883. The molecule has 0 atom stereocenters. The number of rotatable bonds is 4. The molecule has 8 aromatic carbocycles. The average Bonchev–Trinajstić information content (AvgIpc) is 3.86. The van der Waals surface area contributed by atoms with Crippen molar-refractivity contribution in [2.75, 3.05) is 4.90 Å². The first-order chi connectivity index (χ1) is 24.8. The molecule has 0 N–H and O–H groups in total. The molecular weight excluding hydrogens is 647 g/mol. The number of fused-ring (bicyclic) bond motifs is 11. The molecule has 0 unspecified atom stereocenters. The second-order valence-electron chi connectivity index (χ2n) is 12.9. The molecule has 234 valence electrons.